The summed E-state index contributed by atoms with van der Waals surface area (Å²) in [6.45, 7) is 10.8. The largest absolute Gasteiger partial charge is 0.0616 e. The second kappa shape index (κ2) is 6.58. The van der Waals surface area contributed by atoms with Crippen LogP contribution in [0.4, 0.5) is 0 Å². The van der Waals surface area contributed by atoms with Gasteiger partial charge in [0.15, 0.2) is 0 Å². The number of hydrogen-bond acceptors (Lipinski definition) is 0. The van der Waals surface area contributed by atoms with Crippen molar-refractivity contribution in [3.63, 3.8) is 0 Å². The molecule has 0 heteroatoms. The van der Waals surface area contributed by atoms with Gasteiger partial charge in [0.1, 0.15) is 0 Å². The molecule has 0 unspecified atom stereocenters. The summed E-state index contributed by atoms with van der Waals surface area (Å²) in [6, 6.07) is 11.0. The molecule has 0 atom stereocenters. The van der Waals surface area contributed by atoms with Gasteiger partial charge in [0.25, 0.3) is 0 Å². The fourth-order valence-electron chi connectivity index (χ4n) is 2.78. The Labute approximate surface area is 128 Å². The smallest absolute Gasteiger partial charge is 0.0198 e. The molecule has 0 fully saturated rings. The highest BCUT2D eigenvalue weighted by Gasteiger charge is 1.99. The van der Waals surface area contributed by atoms with E-state index >= 15 is 0 Å². The summed E-state index contributed by atoms with van der Waals surface area (Å²) in [5, 5.41) is 0. The highest BCUT2D eigenvalue weighted by molar-refractivity contribution is 5.63. The van der Waals surface area contributed by atoms with E-state index in [1.807, 2.05) is 0 Å². The average molecular weight is 276 g/mol. The Morgan fingerprint density at radius 2 is 1.19 bits per heavy atom. The molecule has 0 saturated heterocycles. The van der Waals surface area contributed by atoms with Crippen LogP contribution in [0.15, 0.2) is 42.5 Å². The van der Waals surface area contributed by atoms with Crippen molar-refractivity contribution in [3.8, 4) is 0 Å². The lowest BCUT2D eigenvalue weighted by Crippen LogP contribution is -1.87. The molecule has 0 amide bonds. The summed E-state index contributed by atoms with van der Waals surface area (Å²) in [6.07, 6.45) is 8.62. The van der Waals surface area contributed by atoms with Crippen molar-refractivity contribution in [2.24, 2.45) is 0 Å². The average Bonchev–Trinajstić information content (AvgIpc) is 2.38. The molecule has 0 N–H and O–H groups in total. The van der Waals surface area contributed by atoms with Crippen LogP contribution in [0.3, 0.4) is 0 Å². The lowest BCUT2D eigenvalue weighted by atomic mass is 9.99. The van der Waals surface area contributed by atoms with E-state index in [0.29, 0.717) is 0 Å². The van der Waals surface area contributed by atoms with E-state index in [4.69, 9.17) is 0 Å². The minimum atomic E-state index is 1.28. The summed E-state index contributed by atoms with van der Waals surface area (Å²) >= 11 is 0. The molecule has 21 heavy (non-hydrogen) atoms. The SMILES string of the molecule is Cc1ccc(C=CC=Cc2c(C)cc(C)cc2C)c(C)c1. The molecule has 0 radical (unpaired) electrons. The van der Waals surface area contributed by atoms with Gasteiger partial charge in [0.05, 0.1) is 0 Å². The van der Waals surface area contributed by atoms with Crippen LogP contribution in [0.5, 0.6) is 0 Å². The van der Waals surface area contributed by atoms with Crippen molar-refractivity contribution in [1.82, 2.24) is 0 Å². The molecule has 2 aromatic carbocycles. The van der Waals surface area contributed by atoms with Gasteiger partial charge in [-0.25, -0.2) is 0 Å². The van der Waals surface area contributed by atoms with Gasteiger partial charge in [-0.3, -0.25) is 0 Å². The minimum absolute atomic E-state index is 1.28. The summed E-state index contributed by atoms with van der Waals surface area (Å²) in [7, 11) is 0. The van der Waals surface area contributed by atoms with E-state index in [1.54, 1.807) is 0 Å². The first kappa shape index (κ1) is 15.3. The van der Waals surface area contributed by atoms with Crippen LogP contribution in [-0.2, 0) is 0 Å². The molecular weight excluding hydrogens is 252 g/mol. The van der Waals surface area contributed by atoms with Gasteiger partial charge in [0.2, 0.25) is 0 Å². The molecule has 2 aromatic rings. The maximum absolute atomic E-state index is 2.24. The zero-order valence-electron chi connectivity index (χ0n) is 13.7. The zero-order chi connectivity index (χ0) is 15.4. The molecule has 0 aliphatic carbocycles. The normalized spacial score (nSPS) is 11.7. The van der Waals surface area contributed by atoms with Gasteiger partial charge in [-0.2, -0.15) is 0 Å². The number of aryl methyl sites for hydroxylation is 5. The standard InChI is InChI=1S/C21H24/c1-15-10-11-20(17(3)12-15)8-6-7-9-21-18(4)13-16(2)14-19(21)5/h6-14H,1-5H3. The van der Waals surface area contributed by atoms with Gasteiger partial charge >= 0.3 is 0 Å². The highest BCUT2D eigenvalue weighted by Crippen LogP contribution is 2.18. The van der Waals surface area contributed by atoms with Crippen LogP contribution in [0.25, 0.3) is 12.2 Å². The molecule has 0 nitrogen and oxygen atoms in total. The van der Waals surface area contributed by atoms with E-state index < -0.39 is 0 Å². The molecule has 108 valence electrons. The molecule has 0 aromatic heterocycles. The summed E-state index contributed by atoms with van der Waals surface area (Å²) in [4.78, 5) is 0. The molecular formula is C21H24. The number of allylic oxidation sites excluding steroid dienone is 2. The predicted molar refractivity (Wildman–Crippen MR) is 94.6 cm³/mol. The van der Waals surface area contributed by atoms with Crippen LogP contribution in [0.1, 0.15) is 38.9 Å². The van der Waals surface area contributed by atoms with Crippen LogP contribution in [0.2, 0.25) is 0 Å². The third kappa shape index (κ3) is 3.95. The molecule has 2 rings (SSSR count). The first-order valence-corrected chi connectivity index (χ1v) is 7.47. The number of hydrogen-bond donors (Lipinski definition) is 0. The van der Waals surface area contributed by atoms with Gasteiger partial charge < -0.3 is 0 Å². The van der Waals surface area contributed by atoms with Crippen molar-refractivity contribution >= 4 is 12.2 Å². The molecule has 0 saturated carbocycles. The lowest BCUT2D eigenvalue weighted by molar-refractivity contribution is 1.30. The van der Waals surface area contributed by atoms with E-state index in [1.165, 1.54) is 38.9 Å². The third-order valence-electron chi connectivity index (χ3n) is 3.81. The minimum Gasteiger partial charge on any atom is -0.0616 e. The number of rotatable bonds is 3. The van der Waals surface area contributed by atoms with E-state index in [9.17, 15) is 0 Å². The zero-order valence-corrected chi connectivity index (χ0v) is 13.7. The Morgan fingerprint density at radius 1 is 0.619 bits per heavy atom. The van der Waals surface area contributed by atoms with Gasteiger partial charge in [-0.1, -0.05) is 65.8 Å². The Hall–Kier alpha value is -2.08. The van der Waals surface area contributed by atoms with Crippen molar-refractivity contribution in [3.05, 3.63) is 81.4 Å². The molecule has 0 aliphatic heterocycles. The predicted octanol–water partition coefficient (Wildman–Crippen LogP) is 5.96. The molecule has 0 heterocycles. The van der Waals surface area contributed by atoms with Crippen molar-refractivity contribution < 1.29 is 0 Å². The van der Waals surface area contributed by atoms with E-state index in [0.717, 1.165) is 0 Å². The van der Waals surface area contributed by atoms with Crippen molar-refractivity contribution in [2.45, 2.75) is 34.6 Å². The van der Waals surface area contributed by atoms with Crippen LogP contribution < -0.4 is 0 Å². The Morgan fingerprint density at radius 3 is 1.81 bits per heavy atom. The van der Waals surface area contributed by atoms with Gasteiger partial charge in [-0.15, -0.1) is 0 Å². The Kier molecular flexibility index (Phi) is 4.80. The second-order valence-corrected chi connectivity index (χ2v) is 5.89. The first-order chi connectivity index (χ1) is 9.97. The van der Waals surface area contributed by atoms with E-state index in [-0.39, 0.29) is 0 Å². The topological polar surface area (TPSA) is 0 Å². The third-order valence-corrected chi connectivity index (χ3v) is 3.81. The van der Waals surface area contributed by atoms with Crippen LogP contribution in [-0.4, -0.2) is 0 Å². The second-order valence-electron chi connectivity index (χ2n) is 5.89. The quantitative estimate of drug-likeness (QED) is 0.607. The summed E-state index contributed by atoms with van der Waals surface area (Å²) in [5.41, 5.74) is 9.24. The fourth-order valence-corrected chi connectivity index (χ4v) is 2.78. The lowest BCUT2D eigenvalue weighted by Gasteiger charge is -2.06. The van der Waals surface area contributed by atoms with Crippen LogP contribution in [0, 0.1) is 34.6 Å². The van der Waals surface area contributed by atoms with Crippen LogP contribution >= 0.6 is 0 Å². The molecule has 0 bridgehead atoms. The first-order valence-electron chi connectivity index (χ1n) is 7.47. The van der Waals surface area contributed by atoms with Gasteiger partial charge in [0, 0.05) is 0 Å². The maximum Gasteiger partial charge on any atom is -0.0198 e. The molecule has 0 spiro atoms. The van der Waals surface area contributed by atoms with Crippen molar-refractivity contribution in [2.75, 3.05) is 0 Å². The Bertz CT molecular complexity index is 677. The maximum atomic E-state index is 2.24. The van der Waals surface area contributed by atoms with Gasteiger partial charge in [-0.05, 0) is 62.4 Å². The summed E-state index contributed by atoms with van der Waals surface area (Å²) in [5.74, 6) is 0. The molecule has 0 aliphatic rings. The van der Waals surface area contributed by atoms with E-state index in [2.05, 4.69) is 89.3 Å². The highest BCUT2D eigenvalue weighted by atomic mass is 14.0. The van der Waals surface area contributed by atoms with Crippen molar-refractivity contribution in [1.29, 1.82) is 0 Å². The monoisotopic (exact) mass is 276 g/mol. The Balaban J connectivity index is 2.17. The summed E-state index contributed by atoms with van der Waals surface area (Å²) < 4.78 is 0. The fraction of sp³-hybridized carbons (Fsp3) is 0.238. The number of benzene rings is 2.